The zero-order valence-electron chi connectivity index (χ0n) is 25.4. The molecule has 11 nitrogen and oxygen atoms in total. The van der Waals surface area contributed by atoms with Gasteiger partial charge in [0, 0.05) is 25.6 Å². The van der Waals surface area contributed by atoms with E-state index in [9.17, 15) is 24.0 Å². The Bertz CT molecular complexity index is 1210. The molecule has 234 valence electrons. The molecule has 4 aliphatic rings. The van der Waals surface area contributed by atoms with Crippen LogP contribution in [0.2, 0.25) is 0 Å². The molecule has 1 aliphatic carbocycles. The van der Waals surface area contributed by atoms with Gasteiger partial charge >= 0.3 is 6.09 Å². The Hall–Kier alpha value is -3.47. The van der Waals surface area contributed by atoms with Gasteiger partial charge in [0.1, 0.15) is 12.1 Å². The number of ether oxygens (including phenoxy) is 1. The third kappa shape index (κ3) is 7.55. The van der Waals surface area contributed by atoms with Crippen LogP contribution in [0.5, 0.6) is 0 Å². The molecule has 1 aromatic rings. The van der Waals surface area contributed by atoms with Gasteiger partial charge in [-0.25, -0.2) is 4.79 Å². The molecule has 1 aromatic carbocycles. The van der Waals surface area contributed by atoms with Crippen LogP contribution >= 0.6 is 0 Å². The molecule has 3 fully saturated rings. The Morgan fingerprint density at radius 2 is 1.72 bits per heavy atom. The number of ketones is 1. The van der Waals surface area contributed by atoms with Crippen LogP contribution in [0.4, 0.5) is 4.79 Å². The summed E-state index contributed by atoms with van der Waals surface area (Å²) in [7, 11) is 0. The van der Waals surface area contributed by atoms with Crippen LogP contribution in [-0.2, 0) is 36.9 Å². The van der Waals surface area contributed by atoms with Crippen LogP contribution in [0.1, 0.15) is 76.3 Å². The molecular weight excluding hydrogens is 550 g/mol. The van der Waals surface area contributed by atoms with Crippen LogP contribution in [0.3, 0.4) is 0 Å². The van der Waals surface area contributed by atoms with Crippen LogP contribution in [0, 0.1) is 0 Å². The van der Waals surface area contributed by atoms with E-state index in [1.807, 2.05) is 32.0 Å². The van der Waals surface area contributed by atoms with Crippen molar-refractivity contribution < 1.29 is 28.7 Å². The summed E-state index contributed by atoms with van der Waals surface area (Å²) >= 11 is 0. The van der Waals surface area contributed by atoms with Crippen molar-refractivity contribution in [3.05, 3.63) is 35.4 Å². The molecular formula is C32H45N5O6. The van der Waals surface area contributed by atoms with E-state index in [2.05, 4.69) is 21.6 Å². The minimum absolute atomic E-state index is 0.0254. The molecule has 4 amide bonds. The number of hydrogen-bond acceptors (Lipinski definition) is 7. The highest BCUT2D eigenvalue weighted by atomic mass is 16.6. The third-order valence-corrected chi connectivity index (χ3v) is 9.15. The van der Waals surface area contributed by atoms with E-state index >= 15 is 0 Å². The molecule has 43 heavy (non-hydrogen) atoms. The maximum absolute atomic E-state index is 13.8. The van der Waals surface area contributed by atoms with Crippen LogP contribution in [-0.4, -0.2) is 101 Å². The van der Waals surface area contributed by atoms with Crippen molar-refractivity contribution in [2.45, 2.75) is 108 Å². The Kier molecular flexibility index (Phi) is 10.00. The fourth-order valence-corrected chi connectivity index (χ4v) is 6.41. The van der Waals surface area contributed by atoms with Gasteiger partial charge in [0.25, 0.3) is 5.91 Å². The molecule has 1 saturated carbocycles. The first-order valence-corrected chi connectivity index (χ1v) is 16.0. The lowest BCUT2D eigenvalue weighted by molar-refractivity contribution is -0.144. The SMILES string of the molecule is CCCC(NC(=O)C1C[C@@H](OC(=O)N2CCc3ccccc3C2)CN1C(=O)C(C)N1CCCCC1)C(=O)C(=O)NC1CC1. The summed E-state index contributed by atoms with van der Waals surface area (Å²) in [5.41, 5.74) is 2.30. The fourth-order valence-electron chi connectivity index (χ4n) is 6.41. The average Bonchev–Trinajstić information content (AvgIpc) is 3.75. The number of piperidine rings is 1. The topological polar surface area (TPSA) is 128 Å². The molecule has 3 unspecified atom stereocenters. The van der Waals surface area contributed by atoms with Crippen molar-refractivity contribution in [3.63, 3.8) is 0 Å². The molecule has 2 saturated heterocycles. The van der Waals surface area contributed by atoms with E-state index in [0.29, 0.717) is 25.9 Å². The van der Waals surface area contributed by atoms with Crippen molar-refractivity contribution in [2.75, 3.05) is 26.2 Å². The predicted molar refractivity (Wildman–Crippen MR) is 159 cm³/mol. The number of hydrogen-bond donors (Lipinski definition) is 2. The number of likely N-dealkylation sites (tertiary alicyclic amines) is 2. The summed E-state index contributed by atoms with van der Waals surface area (Å²) in [6.45, 7) is 6.45. The third-order valence-electron chi connectivity index (χ3n) is 9.15. The van der Waals surface area contributed by atoms with Crippen LogP contribution < -0.4 is 10.6 Å². The van der Waals surface area contributed by atoms with E-state index < -0.39 is 47.9 Å². The number of nitrogens with zero attached hydrogens (tertiary/aromatic N) is 3. The van der Waals surface area contributed by atoms with Crippen LogP contribution in [0.15, 0.2) is 24.3 Å². The quantitative estimate of drug-likeness (QED) is 0.397. The van der Waals surface area contributed by atoms with Crippen molar-refractivity contribution in [2.24, 2.45) is 0 Å². The van der Waals surface area contributed by atoms with Crippen LogP contribution in [0.25, 0.3) is 0 Å². The standard InChI is InChI=1S/C32H45N5O6/c1-3-9-26(28(38)30(40)33-24-12-13-24)34-29(39)27-18-25(20-37(27)31(41)21(2)35-15-7-4-8-16-35)43-32(42)36-17-14-22-10-5-6-11-23(22)19-36/h5-6,10-11,21,24-27H,3-4,7-9,12-20H2,1-2H3,(H,33,40)(H,34,39)/t21?,25-,26?,27?/m1/s1. The smallest absolute Gasteiger partial charge is 0.410 e. The summed E-state index contributed by atoms with van der Waals surface area (Å²) in [6.07, 6.45) is 5.49. The number of rotatable bonds is 10. The largest absolute Gasteiger partial charge is 0.444 e. The summed E-state index contributed by atoms with van der Waals surface area (Å²) < 4.78 is 5.91. The molecule has 11 heteroatoms. The van der Waals surface area contributed by atoms with Crippen molar-refractivity contribution in [3.8, 4) is 0 Å². The highest BCUT2D eigenvalue weighted by molar-refractivity contribution is 6.38. The normalized spacial score (nSPS) is 23.6. The number of benzene rings is 1. The Morgan fingerprint density at radius 3 is 2.42 bits per heavy atom. The Morgan fingerprint density at radius 1 is 1.00 bits per heavy atom. The van der Waals surface area contributed by atoms with Gasteiger partial charge in [-0.3, -0.25) is 24.1 Å². The van der Waals surface area contributed by atoms with E-state index in [4.69, 9.17) is 4.74 Å². The Labute approximate surface area is 253 Å². The van der Waals surface area contributed by atoms with Crippen molar-refractivity contribution >= 4 is 29.6 Å². The van der Waals surface area contributed by atoms with E-state index in [-0.39, 0.29) is 24.9 Å². The number of carbonyl (C=O) groups excluding carboxylic acids is 5. The lowest BCUT2D eigenvalue weighted by atomic mass is 10.0. The summed E-state index contributed by atoms with van der Waals surface area (Å²) in [5, 5.41) is 5.49. The van der Waals surface area contributed by atoms with E-state index in [1.54, 1.807) is 4.90 Å². The van der Waals surface area contributed by atoms with Crippen molar-refractivity contribution in [1.29, 1.82) is 0 Å². The molecule has 0 spiro atoms. The number of fused-ring (bicyclic) bond motifs is 1. The van der Waals surface area contributed by atoms with Gasteiger partial charge in [0.05, 0.1) is 18.6 Å². The summed E-state index contributed by atoms with van der Waals surface area (Å²) in [4.78, 5) is 71.5. The first kappa shape index (κ1) is 31.0. The summed E-state index contributed by atoms with van der Waals surface area (Å²) in [6, 6.07) is 5.71. The zero-order valence-corrected chi connectivity index (χ0v) is 25.4. The van der Waals surface area contributed by atoms with Gasteiger partial charge in [-0.1, -0.05) is 44.0 Å². The summed E-state index contributed by atoms with van der Waals surface area (Å²) in [5.74, 6) is -2.06. The highest BCUT2D eigenvalue weighted by Crippen LogP contribution is 2.26. The molecule has 0 radical (unpaired) electrons. The first-order chi connectivity index (χ1) is 20.7. The molecule has 4 atom stereocenters. The van der Waals surface area contributed by atoms with E-state index in [1.165, 1.54) is 10.5 Å². The molecule has 5 rings (SSSR count). The van der Waals surface area contributed by atoms with Gasteiger partial charge in [0.15, 0.2) is 0 Å². The zero-order chi connectivity index (χ0) is 30.5. The second kappa shape index (κ2) is 13.9. The number of carbonyl (C=O) groups is 5. The van der Waals surface area contributed by atoms with Gasteiger partial charge in [-0.2, -0.15) is 0 Å². The second-order valence-electron chi connectivity index (χ2n) is 12.4. The van der Waals surface area contributed by atoms with Crippen molar-refractivity contribution in [1.82, 2.24) is 25.3 Å². The predicted octanol–water partition coefficient (Wildman–Crippen LogP) is 2.16. The lowest BCUT2D eigenvalue weighted by Gasteiger charge is -2.35. The Balaban J connectivity index is 1.28. The molecule has 3 aliphatic heterocycles. The monoisotopic (exact) mass is 595 g/mol. The molecule has 3 heterocycles. The average molecular weight is 596 g/mol. The maximum atomic E-state index is 13.8. The van der Waals surface area contributed by atoms with Gasteiger partial charge in [0.2, 0.25) is 17.6 Å². The van der Waals surface area contributed by atoms with Gasteiger partial charge in [-0.15, -0.1) is 0 Å². The number of Topliss-reactive ketones (excluding diaryl/α,β-unsaturated/α-hetero) is 1. The minimum atomic E-state index is -0.984. The lowest BCUT2D eigenvalue weighted by Crippen LogP contribution is -2.56. The highest BCUT2D eigenvalue weighted by Gasteiger charge is 2.45. The second-order valence-corrected chi connectivity index (χ2v) is 12.4. The minimum Gasteiger partial charge on any atom is -0.444 e. The molecule has 0 bridgehead atoms. The number of amides is 4. The maximum Gasteiger partial charge on any atom is 0.410 e. The van der Waals surface area contributed by atoms with Gasteiger partial charge in [-0.05, 0) is 69.7 Å². The first-order valence-electron chi connectivity index (χ1n) is 16.0. The van der Waals surface area contributed by atoms with Gasteiger partial charge < -0.3 is 25.2 Å². The molecule has 0 aromatic heterocycles. The molecule has 2 N–H and O–H groups in total. The fraction of sp³-hybridized carbons (Fsp3) is 0.656. The number of nitrogens with one attached hydrogen (secondary N) is 2. The van der Waals surface area contributed by atoms with E-state index in [0.717, 1.165) is 57.2 Å².